The van der Waals surface area contributed by atoms with Gasteiger partial charge in [0, 0.05) is 36.1 Å². The summed E-state index contributed by atoms with van der Waals surface area (Å²) in [5.41, 5.74) is 9.90. The van der Waals surface area contributed by atoms with Gasteiger partial charge in [0.15, 0.2) is 5.11 Å². The van der Waals surface area contributed by atoms with E-state index in [1.54, 1.807) is 0 Å². The van der Waals surface area contributed by atoms with Crippen LogP contribution in [0.15, 0.2) is 72.9 Å². The van der Waals surface area contributed by atoms with Crippen molar-refractivity contribution in [2.45, 2.75) is 46.2 Å². The fourth-order valence-corrected chi connectivity index (χ4v) is 6.08. The van der Waals surface area contributed by atoms with Crippen LogP contribution in [0.4, 0.5) is 11.4 Å². The number of anilines is 2. The number of hydrogen-bond donors (Lipinski definition) is 2. The lowest BCUT2D eigenvalue weighted by molar-refractivity contribution is -0.119. The first-order valence-corrected chi connectivity index (χ1v) is 13.9. The fraction of sp³-hybridized carbons (Fsp3) is 0.281. The Kier molecular flexibility index (Phi) is 8.00. The van der Waals surface area contributed by atoms with Crippen LogP contribution in [-0.2, 0) is 16.0 Å². The predicted octanol–water partition coefficient (Wildman–Crippen LogP) is 6.12. The van der Waals surface area contributed by atoms with Gasteiger partial charge in [-0.2, -0.15) is 0 Å². The Hall–Kier alpha value is -4.01. The highest BCUT2D eigenvalue weighted by Gasteiger charge is 2.42. The summed E-state index contributed by atoms with van der Waals surface area (Å²) in [7, 11) is 1.50. The molecule has 4 aromatic rings. The number of carbonyl (C=O) groups is 1. The molecule has 3 heterocycles. The number of aromatic nitrogens is 2. The maximum absolute atomic E-state index is 12.0. The number of benzene rings is 2. The van der Waals surface area contributed by atoms with Crippen LogP contribution >= 0.6 is 12.2 Å². The molecule has 0 radical (unpaired) electrons. The summed E-state index contributed by atoms with van der Waals surface area (Å²) >= 11 is 5.94. The SMILES string of the molecule is CCc1cccc(C)c1-n1c(C)cc([C@H]2[C@@H](c3ccccn3)NC(=S)N2c2ccc(NC(=O)COC)cc2)c1C. The molecule has 0 aliphatic carbocycles. The summed E-state index contributed by atoms with van der Waals surface area (Å²) < 4.78 is 7.32. The molecule has 7 nitrogen and oxygen atoms in total. The number of para-hydroxylation sites is 1. The minimum atomic E-state index is -0.197. The van der Waals surface area contributed by atoms with E-state index < -0.39 is 0 Å². The number of methoxy groups -OCH3 is 1. The number of carbonyl (C=O) groups excluding carboxylic acids is 1. The predicted molar refractivity (Wildman–Crippen MR) is 164 cm³/mol. The van der Waals surface area contributed by atoms with Crippen molar-refractivity contribution in [3.8, 4) is 5.69 Å². The molecule has 1 fully saturated rings. The van der Waals surface area contributed by atoms with Crippen molar-refractivity contribution in [1.29, 1.82) is 0 Å². The lowest BCUT2D eigenvalue weighted by atomic mass is 9.96. The third-order valence-corrected chi connectivity index (χ3v) is 7.83. The van der Waals surface area contributed by atoms with E-state index in [0.717, 1.165) is 17.8 Å². The molecule has 5 rings (SSSR count). The molecule has 8 heteroatoms. The zero-order valence-electron chi connectivity index (χ0n) is 23.6. The highest BCUT2D eigenvalue weighted by atomic mass is 32.1. The van der Waals surface area contributed by atoms with E-state index in [9.17, 15) is 4.79 Å². The minimum Gasteiger partial charge on any atom is -0.375 e. The summed E-state index contributed by atoms with van der Waals surface area (Å²) in [6, 6.07) is 22.2. The monoisotopic (exact) mass is 553 g/mol. The van der Waals surface area contributed by atoms with Gasteiger partial charge in [-0.25, -0.2) is 0 Å². The van der Waals surface area contributed by atoms with E-state index in [4.69, 9.17) is 21.9 Å². The summed E-state index contributed by atoms with van der Waals surface area (Å²) in [6.07, 6.45) is 2.77. The van der Waals surface area contributed by atoms with Gasteiger partial charge in [-0.15, -0.1) is 0 Å². The summed E-state index contributed by atoms with van der Waals surface area (Å²) in [4.78, 5) is 18.9. The Labute approximate surface area is 241 Å². The van der Waals surface area contributed by atoms with E-state index >= 15 is 0 Å². The van der Waals surface area contributed by atoms with Crippen molar-refractivity contribution in [3.05, 3.63) is 107 Å². The largest absolute Gasteiger partial charge is 0.375 e. The van der Waals surface area contributed by atoms with Crippen molar-refractivity contribution in [1.82, 2.24) is 14.9 Å². The fourth-order valence-electron chi connectivity index (χ4n) is 5.74. The van der Waals surface area contributed by atoms with Crippen LogP contribution in [0.1, 0.15) is 52.8 Å². The Bertz CT molecular complexity index is 1530. The van der Waals surface area contributed by atoms with Crippen molar-refractivity contribution >= 4 is 34.6 Å². The van der Waals surface area contributed by atoms with Crippen LogP contribution in [0.25, 0.3) is 5.69 Å². The summed E-state index contributed by atoms with van der Waals surface area (Å²) in [5.74, 6) is -0.197. The second-order valence-corrected chi connectivity index (χ2v) is 10.5. The van der Waals surface area contributed by atoms with Gasteiger partial charge in [0.1, 0.15) is 6.61 Å². The zero-order chi connectivity index (χ0) is 28.4. The van der Waals surface area contributed by atoms with E-state index in [2.05, 4.69) is 72.1 Å². The molecule has 2 N–H and O–H groups in total. The topological polar surface area (TPSA) is 71.4 Å². The van der Waals surface area contributed by atoms with Gasteiger partial charge in [-0.1, -0.05) is 31.2 Å². The van der Waals surface area contributed by atoms with Crippen molar-refractivity contribution in [3.63, 3.8) is 0 Å². The standard InChI is InChI=1S/C32H35N5O2S/c1-6-23-11-9-10-20(2)30(23)36-21(3)18-26(22(36)4)31-29(27-12-7-8-17-33-27)35-32(40)37(31)25-15-13-24(14-16-25)34-28(38)19-39-5/h7-18,29,31H,6,19H2,1-5H3,(H,34,38)(H,35,40)/t29-,31+/m1/s1. The highest BCUT2D eigenvalue weighted by Crippen LogP contribution is 2.44. The van der Waals surface area contributed by atoms with Crippen LogP contribution in [-0.4, -0.2) is 34.3 Å². The first-order valence-electron chi connectivity index (χ1n) is 13.5. The number of pyridine rings is 1. The molecule has 1 amide bonds. The van der Waals surface area contributed by atoms with Crippen LogP contribution < -0.4 is 15.5 Å². The van der Waals surface area contributed by atoms with Crippen molar-refractivity contribution in [2.75, 3.05) is 23.9 Å². The number of amides is 1. The Balaban J connectivity index is 1.62. The smallest absolute Gasteiger partial charge is 0.250 e. The molecule has 0 unspecified atom stereocenters. The molecular weight excluding hydrogens is 518 g/mol. The average molecular weight is 554 g/mol. The average Bonchev–Trinajstić information content (AvgIpc) is 3.44. The maximum atomic E-state index is 12.0. The van der Waals surface area contributed by atoms with E-state index in [1.165, 1.54) is 40.9 Å². The molecule has 2 aromatic carbocycles. The number of thiocarbonyl (C=S) groups is 1. The first kappa shape index (κ1) is 27.6. The second-order valence-electron chi connectivity index (χ2n) is 10.1. The molecule has 2 aromatic heterocycles. The Morgan fingerprint density at radius 1 is 1.07 bits per heavy atom. The molecule has 1 aliphatic rings. The van der Waals surface area contributed by atoms with Crippen LogP contribution in [0.5, 0.6) is 0 Å². The van der Waals surface area contributed by atoms with Gasteiger partial charge in [-0.3, -0.25) is 9.78 Å². The van der Waals surface area contributed by atoms with E-state index in [1.807, 2.05) is 48.7 Å². The zero-order valence-corrected chi connectivity index (χ0v) is 24.4. The van der Waals surface area contributed by atoms with Gasteiger partial charge >= 0.3 is 0 Å². The Morgan fingerprint density at radius 2 is 1.85 bits per heavy atom. The molecule has 40 heavy (non-hydrogen) atoms. The van der Waals surface area contributed by atoms with Gasteiger partial charge < -0.3 is 24.8 Å². The third-order valence-electron chi connectivity index (χ3n) is 7.52. The molecular formula is C32H35N5O2S. The normalized spacial score (nSPS) is 16.7. The second kappa shape index (κ2) is 11.6. The van der Waals surface area contributed by atoms with Gasteiger partial charge in [0.25, 0.3) is 0 Å². The quantitative estimate of drug-likeness (QED) is 0.256. The Morgan fingerprint density at radius 3 is 2.52 bits per heavy atom. The van der Waals surface area contributed by atoms with Gasteiger partial charge in [-0.05, 0) is 98.6 Å². The molecule has 206 valence electrons. The van der Waals surface area contributed by atoms with Gasteiger partial charge in [0.05, 0.1) is 23.5 Å². The summed E-state index contributed by atoms with van der Waals surface area (Å²) in [5, 5.41) is 7.05. The van der Waals surface area contributed by atoms with Crippen LogP contribution in [0.3, 0.4) is 0 Å². The first-order chi connectivity index (χ1) is 19.3. The molecule has 2 atom stereocenters. The van der Waals surface area contributed by atoms with E-state index in [-0.39, 0.29) is 24.6 Å². The number of hydrogen-bond acceptors (Lipinski definition) is 4. The number of nitrogens with one attached hydrogen (secondary N) is 2. The highest BCUT2D eigenvalue weighted by molar-refractivity contribution is 7.80. The summed E-state index contributed by atoms with van der Waals surface area (Å²) in [6.45, 7) is 8.74. The molecule has 0 spiro atoms. The lowest BCUT2D eigenvalue weighted by Gasteiger charge is -2.28. The molecule has 1 saturated heterocycles. The molecule has 0 bridgehead atoms. The lowest BCUT2D eigenvalue weighted by Crippen LogP contribution is -2.29. The number of rotatable bonds is 8. The number of aryl methyl sites for hydroxylation is 3. The van der Waals surface area contributed by atoms with E-state index in [0.29, 0.717) is 10.8 Å². The van der Waals surface area contributed by atoms with Crippen LogP contribution in [0.2, 0.25) is 0 Å². The number of ether oxygens (including phenoxy) is 1. The number of nitrogens with zero attached hydrogens (tertiary/aromatic N) is 3. The maximum Gasteiger partial charge on any atom is 0.250 e. The molecule has 1 aliphatic heterocycles. The van der Waals surface area contributed by atoms with Crippen molar-refractivity contribution < 1.29 is 9.53 Å². The third kappa shape index (κ3) is 5.12. The van der Waals surface area contributed by atoms with Crippen LogP contribution in [0, 0.1) is 20.8 Å². The minimum absolute atomic E-state index is 0.00592. The van der Waals surface area contributed by atoms with Crippen molar-refractivity contribution in [2.24, 2.45) is 0 Å². The van der Waals surface area contributed by atoms with Gasteiger partial charge in [0.2, 0.25) is 5.91 Å². The molecule has 0 saturated carbocycles.